The van der Waals surface area contributed by atoms with Gasteiger partial charge in [0.25, 0.3) is 5.91 Å². The predicted molar refractivity (Wildman–Crippen MR) is 98.0 cm³/mol. The Morgan fingerprint density at radius 1 is 1.35 bits per heavy atom. The summed E-state index contributed by atoms with van der Waals surface area (Å²) < 4.78 is 11.0. The molecule has 3 N–H and O–H groups in total. The van der Waals surface area contributed by atoms with Crippen LogP contribution in [-0.4, -0.2) is 55.2 Å². The molecule has 2 heterocycles. The van der Waals surface area contributed by atoms with Crippen LogP contribution < -0.4 is 15.8 Å². The summed E-state index contributed by atoms with van der Waals surface area (Å²) >= 11 is 0. The molecule has 0 aliphatic carbocycles. The molecule has 3 rings (SSSR count). The second-order valence-electron chi connectivity index (χ2n) is 6.94. The number of rotatable bonds is 5. The van der Waals surface area contributed by atoms with Crippen LogP contribution in [0.5, 0.6) is 5.75 Å². The number of carbonyl (C=O) groups is 2. The molecule has 1 aromatic rings. The van der Waals surface area contributed by atoms with Gasteiger partial charge in [-0.05, 0) is 50.3 Å². The van der Waals surface area contributed by atoms with Gasteiger partial charge in [0.2, 0.25) is 5.91 Å². The quantitative estimate of drug-likeness (QED) is 0.828. The summed E-state index contributed by atoms with van der Waals surface area (Å²) in [5.41, 5.74) is 7.27. The highest BCUT2D eigenvalue weighted by Gasteiger charge is 2.40. The molecule has 0 saturated carbocycles. The molecule has 3 atom stereocenters. The molecule has 2 amide bonds. The second-order valence-corrected chi connectivity index (χ2v) is 6.94. The van der Waals surface area contributed by atoms with Crippen LogP contribution in [0.4, 0.5) is 5.69 Å². The first kappa shape index (κ1) is 18.7. The predicted octanol–water partition coefficient (Wildman–Crippen LogP) is 1.44. The van der Waals surface area contributed by atoms with Crippen molar-refractivity contribution in [2.45, 2.75) is 50.9 Å². The number of nitrogens with zero attached hydrogens (tertiary/aromatic N) is 1. The zero-order chi connectivity index (χ0) is 18.7. The van der Waals surface area contributed by atoms with Crippen molar-refractivity contribution in [2.24, 2.45) is 5.73 Å². The molecule has 7 nitrogen and oxygen atoms in total. The first-order valence-electron chi connectivity index (χ1n) is 9.15. The summed E-state index contributed by atoms with van der Waals surface area (Å²) in [4.78, 5) is 27.3. The van der Waals surface area contributed by atoms with E-state index in [2.05, 4.69) is 5.32 Å². The summed E-state index contributed by atoms with van der Waals surface area (Å²) in [6.45, 7) is 2.95. The molecule has 2 fully saturated rings. The highest BCUT2D eigenvalue weighted by Crippen LogP contribution is 2.29. The van der Waals surface area contributed by atoms with E-state index in [4.69, 9.17) is 15.2 Å². The SMILES string of the molecule is COc1ccc(C)cc1NC(=O)C1CCCN1C(=O)[C@@H]1CC[C@H](CN)O1. The van der Waals surface area contributed by atoms with Gasteiger partial charge < -0.3 is 25.4 Å². The van der Waals surface area contributed by atoms with Crippen LogP contribution in [0, 0.1) is 6.92 Å². The van der Waals surface area contributed by atoms with E-state index in [9.17, 15) is 9.59 Å². The molecule has 0 spiro atoms. The van der Waals surface area contributed by atoms with Gasteiger partial charge in [-0.3, -0.25) is 9.59 Å². The summed E-state index contributed by atoms with van der Waals surface area (Å²) in [5.74, 6) is 0.313. The first-order valence-corrected chi connectivity index (χ1v) is 9.15. The lowest BCUT2D eigenvalue weighted by molar-refractivity contribution is -0.146. The number of amides is 2. The lowest BCUT2D eigenvalue weighted by Gasteiger charge is -2.27. The Morgan fingerprint density at radius 2 is 2.15 bits per heavy atom. The molecule has 142 valence electrons. The zero-order valence-corrected chi connectivity index (χ0v) is 15.4. The maximum Gasteiger partial charge on any atom is 0.252 e. The molecule has 1 unspecified atom stereocenters. The molecule has 0 aromatic heterocycles. The highest BCUT2D eigenvalue weighted by atomic mass is 16.5. The third-order valence-corrected chi connectivity index (χ3v) is 5.10. The van der Waals surface area contributed by atoms with E-state index in [1.54, 1.807) is 12.0 Å². The Bertz CT molecular complexity index is 679. The molecule has 2 aliphatic heterocycles. The number of hydrogen-bond donors (Lipinski definition) is 2. The third-order valence-electron chi connectivity index (χ3n) is 5.10. The molecular weight excluding hydrogens is 334 g/mol. The van der Waals surface area contributed by atoms with Crippen LogP contribution in [0.1, 0.15) is 31.2 Å². The van der Waals surface area contributed by atoms with Crippen LogP contribution in [0.25, 0.3) is 0 Å². The molecule has 0 radical (unpaired) electrons. The Morgan fingerprint density at radius 3 is 2.85 bits per heavy atom. The number of hydrogen-bond acceptors (Lipinski definition) is 5. The van der Waals surface area contributed by atoms with E-state index in [0.29, 0.717) is 37.4 Å². The van der Waals surface area contributed by atoms with Crippen molar-refractivity contribution in [1.82, 2.24) is 4.90 Å². The average Bonchev–Trinajstić information content (AvgIpc) is 3.30. The van der Waals surface area contributed by atoms with Crippen molar-refractivity contribution in [3.8, 4) is 5.75 Å². The minimum Gasteiger partial charge on any atom is -0.495 e. The molecule has 1 aromatic carbocycles. The molecule has 26 heavy (non-hydrogen) atoms. The lowest BCUT2D eigenvalue weighted by atomic mass is 10.1. The number of ether oxygens (including phenoxy) is 2. The normalized spacial score (nSPS) is 25.3. The summed E-state index contributed by atoms with van der Waals surface area (Å²) in [6, 6.07) is 5.13. The first-order chi connectivity index (χ1) is 12.5. The van der Waals surface area contributed by atoms with E-state index in [-0.39, 0.29) is 17.9 Å². The van der Waals surface area contributed by atoms with E-state index in [0.717, 1.165) is 18.4 Å². The summed E-state index contributed by atoms with van der Waals surface area (Å²) in [5, 5.41) is 2.92. The van der Waals surface area contributed by atoms with Gasteiger partial charge in [-0.2, -0.15) is 0 Å². The summed E-state index contributed by atoms with van der Waals surface area (Å²) in [6.07, 6.45) is 2.37. The molecule has 2 saturated heterocycles. The van der Waals surface area contributed by atoms with Gasteiger partial charge in [-0.1, -0.05) is 6.07 Å². The second kappa shape index (κ2) is 8.05. The average molecular weight is 361 g/mol. The van der Waals surface area contributed by atoms with Crippen LogP contribution in [-0.2, 0) is 14.3 Å². The van der Waals surface area contributed by atoms with Crippen LogP contribution >= 0.6 is 0 Å². The monoisotopic (exact) mass is 361 g/mol. The van der Waals surface area contributed by atoms with Gasteiger partial charge in [0.15, 0.2) is 0 Å². The smallest absolute Gasteiger partial charge is 0.252 e. The molecule has 7 heteroatoms. The molecule has 2 aliphatic rings. The number of nitrogens with one attached hydrogen (secondary N) is 1. The van der Waals surface area contributed by atoms with E-state index in [1.165, 1.54) is 0 Å². The summed E-state index contributed by atoms with van der Waals surface area (Å²) in [7, 11) is 1.57. The van der Waals surface area contributed by atoms with Crippen molar-refractivity contribution in [1.29, 1.82) is 0 Å². The fraction of sp³-hybridized carbons (Fsp3) is 0.579. The van der Waals surface area contributed by atoms with Crippen molar-refractivity contribution in [3.63, 3.8) is 0 Å². The van der Waals surface area contributed by atoms with Crippen molar-refractivity contribution in [2.75, 3.05) is 25.5 Å². The number of methoxy groups -OCH3 is 1. The van der Waals surface area contributed by atoms with Gasteiger partial charge in [0.05, 0.1) is 18.9 Å². The Hall–Kier alpha value is -2.12. The zero-order valence-electron chi connectivity index (χ0n) is 15.4. The largest absolute Gasteiger partial charge is 0.495 e. The fourth-order valence-electron chi connectivity index (χ4n) is 3.68. The van der Waals surface area contributed by atoms with E-state index < -0.39 is 12.1 Å². The minimum atomic E-state index is -0.481. The van der Waals surface area contributed by atoms with Gasteiger partial charge >= 0.3 is 0 Å². The van der Waals surface area contributed by atoms with Crippen molar-refractivity contribution < 1.29 is 19.1 Å². The Labute approximate surface area is 153 Å². The number of anilines is 1. The van der Waals surface area contributed by atoms with Gasteiger partial charge in [0, 0.05) is 13.1 Å². The van der Waals surface area contributed by atoms with Gasteiger partial charge in [-0.15, -0.1) is 0 Å². The van der Waals surface area contributed by atoms with Crippen LogP contribution in [0.15, 0.2) is 18.2 Å². The number of likely N-dealkylation sites (tertiary alicyclic amines) is 1. The minimum absolute atomic E-state index is 0.0598. The Balaban J connectivity index is 1.69. The molecular formula is C19H27N3O4. The maximum absolute atomic E-state index is 12.8. The van der Waals surface area contributed by atoms with Gasteiger partial charge in [0.1, 0.15) is 17.9 Å². The van der Waals surface area contributed by atoms with Crippen LogP contribution in [0.2, 0.25) is 0 Å². The Kier molecular flexibility index (Phi) is 5.78. The number of nitrogens with two attached hydrogens (primary N) is 1. The number of benzene rings is 1. The van der Waals surface area contributed by atoms with Crippen LogP contribution in [0.3, 0.4) is 0 Å². The number of aryl methyl sites for hydroxylation is 1. The highest BCUT2D eigenvalue weighted by molar-refractivity contribution is 5.99. The van der Waals surface area contributed by atoms with E-state index >= 15 is 0 Å². The number of carbonyl (C=O) groups excluding carboxylic acids is 2. The fourth-order valence-corrected chi connectivity index (χ4v) is 3.68. The van der Waals surface area contributed by atoms with Crippen molar-refractivity contribution in [3.05, 3.63) is 23.8 Å². The van der Waals surface area contributed by atoms with Gasteiger partial charge in [-0.25, -0.2) is 0 Å². The third kappa shape index (κ3) is 3.83. The maximum atomic E-state index is 12.8. The van der Waals surface area contributed by atoms with Crippen molar-refractivity contribution >= 4 is 17.5 Å². The van der Waals surface area contributed by atoms with E-state index in [1.807, 2.05) is 25.1 Å². The lowest BCUT2D eigenvalue weighted by Crippen LogP contribution is -2.47. The molecule has 0 bridgehead atoms. The standard InChI is InChI=1S/C19H27N3O4/c1-12-5-7-16(25-2)14(10-12)21-18(23)15-4-3-9-22(15)19(24)17-8-6-13(11-20)26-17/h5,7,10,13,15,17H,3-4,6,8-9,11,20H2,1-2H3,(H,21,23)/t13-,15?,17+/m1/s1. The topological polar surface area (TPSA) is 93.9 Å².